The molecule has 0 unspecified atom stereocenters. The second kappa shape index (κ2) is 12.0. The summed E-state index contributed by atoms with van der Waals surface area (Å²) in [6, 6.07) is 5.37. The van der Waals surface area contributed by atoms with Crippen LogP contribution in [0.2, 0.25) is 0 Å². The number of carbonyl (C=O) groups excluding carboxylic acids is 4. The van der Waals surface area contributed by atoms with Gasteiger partial charge in [0.1, 0.15) is 24.2 Å². The Bertz CT molecular complexity index is 1370. The lowest BCUT2D eigenvalue weighted by atomic mass is 9.89. The van der Waals surface area contributed by atoms with Crippen LogP contribution in [-0.4, -0.2) is 70.3 Å². The van der Waals surface area contributed by atoms with Gasteiger partial charge in [0.15, 0.2) is 0 Å². The van der Waals surface area contributed by atoms with Crippen LogP contribution in [0, 0.1) is 11.3 Å². The van der Waals surface area contributed by atoms with Crippen LogP contribution in [-0.2, 0) is 23.9 Å². The van der Waals surface area contributed by atoms with Gasteiger partial charge in [0.05, 0.1) is 11.1 Å². The average Bonchev–Trinajstić information content (AvgIpc) is 2.94. The number of carbonyl (C=O) groups is 4. The lowest BCUT2D eigenvalue weighted by molar-refractivity contribution is -0.157. The number of nitrogens with one attached hydrogen (secondary N) is 2. The summed E-state index contributed by atoms with van der Waals surface area (Å²) in [5.41, 5.74) is 3.57. The summed E-state index contributed by atoms with van der Waals surface area (Å²) in [7, 11) is 1.61. The summed E-state index contributed by atoms with van der Waals surface area (Å²) >= 11 is 0. The first-order chi connectivity index (χ1) is 19.3. The number of amides is 3. The number of nitrogens with zero attached hydrogens (tertiary/aromatic N) is 3. The van der Waals surface area contributed by atoms with E-state index in [1.807, 2.05) is 45.0 Å². The molecule has 4 rings (SSSR count). The first-order valence-electron chi connectivity index (χ1n) is 14.2. The Morgan fingerprint density at radius 3 is 2.51 bits per heavy atom. The minimum absolute atomic E-state index is 0.210. The highest BCUT2D eigenvalue weighted by Gasteiger charge is 2.38. The van der Waals surface area contributed by atoms with E-state index in [-0.39, 0.29) is 17.7 Å². The number of esters is 1. The van der Waals surface area contributed by atoms with E-state index < -0.39 is 41.5 Å². The van der Waals surface area contributed by atoms with Crippen LogP contribution >= 0.6 is 0 Å². The number of hydrogen-bond acceptors (Lipinski definition) is 7. The van der Waals surface area contributed by atoms with Crippen LogP contribution in [0.3, 0.4) is 0 Å². The fourth-order valence-corrected chi connectivity index (χ4v) is 5.43. The fourth-order valence-electron chi connectivity index (χ4n) is 5.43. The topological polar surface area (TPSA) is 121 Å². The minimum Gasteiger partial charge on any atom is -0.457 e. The smallest absolute Gasteiger partial charge is 0.325 e. The van der Waals surface area contributed by atoms with Crippen molar-refractivity contribution in [3.05, 3.63) is 47.8 Å². The zero-order valence-electron chi connectivity index (χ0n) is 24.9. The molecule has 4 atom stereocenters. The van der Waals surface area contributed by atoms with E-state index in [1.165, 1.54) is 9.91 Å². The monoisotopic (exact) mass is 563 g/mol. The van der Waals surface area contributed by atoms with E-state index in [2.05, 4.69) is 15.7 Å². The molecule has 5 bridgehead atoms. The van der Waals surface area contributed by atoms with Crippen LogP contribution in [0.1, 0.15) is 71.7 Å². The van der Waals surface area contributed by atoms with Crippen molar-refractivity contribution in [2.24, 2.45) is 11.3 Å². The van der Waals surface area contributed by atoms with E-state index in [9.17, 15) is 19.2 Å². The first-order valence-corrected chi connectivity index (χ1v) is 14.2. The Morgan fingerprint density at radius 2 is 1.80 bits per heavy atom. The van der Waals surface area contributed by atoms with E-state index in [0.29, 0.717) is 25.1 Å². The van der Waals surface area contributed by atoms with Crippen LogP contribution < -0.4 is 10.7 Å². The summed E-state index contributed by atoms with van der Waals surface area (Å²) in [5, 5.41) is 6.02. The van der Waals surface area contributed by atoms with Gasteiger partial charge in [-0.2, -0.15) is 0 Å². The molecular weight excluding hydrogens is 522 g/mol. The van der Waals surface area contributed by atoms with Crippen LogP contribution in [0.5, 0.6) is 0 Å². The van der Waals surface area contributed by atoms with E-state index in [4.69, 9.17) is 4.74 Å². The summed E-state index contributed by atoms with van der Waals surface area (Å²) in [6.45, 7) is 11.1. The maximum atomic E-state index is 13.7. The number of hydrogen-bond donors (Lipinski definition) is 2. The molecule has 0 aliphatic carbocycles. The third-order valence-electron chi connectivity index (χ3n) is 7.85. The molecule has 220 valence electrons. The highest BCUT2D eigenvalue weighted by Crippen LogP contribution is 2.27. The van der Waals surface area contributed by atoms with E-state index in [0.717, 1.165) is 16.3 Å². The lowest BCUT2D eigenvalue weighted by Crippen LogP contribution is -2.61. The Labute approximate surface area is 241 Å². The fraction of sp³-hybridized carbons (Fsp3) is 0.516. The van der Waals surface area contributed by atoms with Crippen molar-refractivity contribution in [2.45, 2.75) is 78.6 Å². The Balaban J connectivity index is 1.74. The average molecular weight is 564 g/mol. The van der Waals surface area contributed by atoms with Gasteiger partial charge >= 0.3 is 5.97 Å². The molecule has 0 spiro atoms. The zero-order valence-corrected chi connectivity index (χ0v) is 24.9. The number of benzene rings is 1. The number of ether oxygens (including phenoxy) is 1. The number of fused-ring (bicyclic) bond motifs is 4. The van der Waals surface area contributed by atoms with Crippen molar-refractivity contribution in [3.8, 4) is 0 Å². The maximum Gasteiger partial charge on any atom is 0.325 e. The predicted octanol–water partition coefficient (Wildman–Crippen LogP) is 3.38. The highest BCUT2D eigenvalue weighted by molar-refractivity contribution is 5.94. The van der Waals surface area contributed by atoms with Gasteiger partial charge in [-0.25, -0.2) is 5.43 Å². The molecule has 1 saturated heterocycles. The number of rotatable bonds is 1. The van der Waals surface area contributed by atoms with Gasteiger partial charge in [-0.05, 0) is 75.6 Å². The highest BCUT2D eigenvalue weighted by atomic mass is 16.5. The molecule has 2 N–H and O–H groups in total. The molecular formula is C31H41N5O5. The molecule has 1 fully saturated rings. The van der Waals surface area contributed by atoms with Gasteiger partial charge in [0, 0.05) is 25.2 Å². The van der Waals surface area contributed by atoms with E-state index in [1.54, 1.807) is 46.2 Å². The number of hydrazine groups is 1. The molecule has 0 radical (unpaired) electrons. The van der Waals surface area contributed by atoms with Gasteiger partial charge in [0.25, 0.3) is 5.91 Å². The summed E-state index contributed by atoms with van der Waals surface area (Å²) in [5.74, 6) is -1.68. The van der Waals surface area contributed by atoms with Crippen molar-refractivity contribution in [1.82, 2.24) is 25.6 Å². The molecule has 3 heterocycles. The van der Waals surface area contributed by atoms with Crippen LogP contribution in [0.4, 0.5) is 0 Å². The van der Waals surface area contributed by atoms with Gasteiger partial charge in [-0.15, -0.1) is 0 Å². The summed E-state index contributed by atoms with van der Waals surface area (Å²) in [4.78, 5) is 59.4. The molecule has 0 saturated carbocycles. The summed E-state index contributed by atoms with van der Waals surface area (Å²) < 4.78 is 5.81. The van der Waals surface area contributed by atoms with Gasteiger partial charge in [-0.1, -0.05) is 32.1 Å². The van der Waals surface area contributed by atoms with Crippen molar-refractivity contribution in [1.29, 1.82) is 0 Å². The number of pyridine rings is 1. The van der Waals surface area contributed by atoms with Gasteiger partial charge < -0.3 is 15.0 Å². The molecule has 2 aromatic rings. The molecule has 3 amide bonds. The zero-order chi connectivity index (χ0) is 30.1. The summed E-state index contributed by atoms with van der Waals surface area (Å²) in [6.07, 6.45) is 5.97. The van der Waals surface area contributed by atoms with Gasteiger partial charge in [-0.3, -0.25) is 29.2 Å². The SMILES string of the molecule is CC(C)[C@H]1C(=O)N[C@@H](C)C(=O)N2CCC[C@H](N2)C(=O)O[C@H](C)c2ccc3cnc(cc3c2)/C=C/C(C)(C)C(=O)N1C. The Kier molecular flexibility index (Phi) is 8.82. The standard InChI is InChI=1S/C31H41N5O5/c1-18(2)26-27(37)33-19(3)28(38)36-14-8-9-25(34-36)29(39)41-20(4)21-10-11-22-17-32-24(16-23(22)15-21)12-13-31(5,6)30(40)35(26)7/h10-13,15-20,25-26,34H,8-9,14H2,1-7H3,(H,33,37)/b13-12+/t19-,20+,25-,26-/m0/s1. The first kappa shape index (κ1) is 30.2. The molecule has 41 heavy (non-hydrogen) atoms. The van der Waals surface area contributed by atoms with Crippen molar-refractivity contribution in [3.63, 3.8) is 0 Å². The lowest BCUT2D eigenvalue weighted by Gasteiger charge is -2.37. The Morgan fingerprint density at radius 1 is 1.07 bits per heavy atom. The molecule has 2 aliphatic rings. The molecule has 2 aliphatic heterocycles. The van der Waals surface area contributed by atoms with Crippen molar-refractivity contribution >= 4 is 40.5 Å². The quantitative estimate of drug-likeness (QED) is 0.511. The molecule has 1 aromatic carbocycles. The largest absolute Gasteiger partial charge is 0.457 e. The van der Waals surface area contributed by atoms with Crippen LogP contribution in [0.15, 0.2) is 36.5 Å². The second-order valence-electron chi connectivity index (χ2n) is 12.0. The normalized spacial score (nSPS) is 27.1. The van der Waals surface area contributed by atoms with Crippen molar-refractivity contribution in [2.75, 3.05) is 13.6 Å². The molecule has 10 heteroatoms. The number of cyclic esters (lactones) is 1. The molecule has 10 nitrogen and oxygen atoms in total. The predicted molar refractivity (Wildman–Crippen MR) is 156 cm³/mol. The van der Waals surface area contributed by atoms with Crippen LogP contribution in [0.25, 0.3) is 16.8 Å². The number of likely N-dealkylation sites (N-methyl/N-ethyl adjacent to an activating group) is 1. The molecule has 1 aromatic heterocycles. The third kappa shape index (κ3) is 6.59. The van der Waals surface area contributed by atoms with Crippen molar-refractivity contribution < 1.29 is 23.9 Å². The maximum absolute atomic E-state index is 13.7. The van der Waals surface area contributed by atoms with Gasteiger partial charge in [0.2, 0.25) is 11.8 Å². The number of aromatic nitrogens is 1. The Hall–Kier alpha value is -3.79. The van der Waals surface area contributed by atoms with E-state index >= 15 is 0 Å². The third-order valence-corrected chi connectivity index (χ3v) is 7.85. The second-order valence-corrected chi connectivity index (χ2v) is 12.0. The minimum atomic E-state index is -0.934.